The third kappa shape index (κ3) is 1.72. The Morgan fingerprint density at radius 1 is 1.32 bits per heavy atom. The molecule has 0 aromatic carbocycles. The lowest BCUT2D eigenvalue weighted by Gasteiger charge is -2.38. The third-order valence-electron chi connectivity index (χ3n) is 3.91. The van der Waals surface area contributed by atoms with E-state index in [2.05, 4.69) is 19.9 Å². The van der Waals surface area contributed by atoms with Crippen molar-refractivity contribution in [3.8, 4) is 0 Å². The normalized spacial score (nSPS) is 20.1. The molecule has 0 atom stereocenters. The zero-order chi connectivity index (χ0) is 13.1. The van der Waals surface area contributed by atoms with E-state index in [1.165, 1.54) is 12.8 Å². The molecule has 5 nitrogen and oxygen atoms in total. The summed E-state index contributed by atoms with van der Waals surface area (Å²) in [5, 5.41) is 1.76. The molecule has 2 aliphatic rings. The number of rotatable bonds is 2. The SMILES string of the molecule is Cc1nc(N2CC(N)C2)c2c(Cl)c(C3CC3)[nH]c2n1. The van der Waals surface area contributed by atoms with Crippen LogP contribution in [0, 0.1) is 6.92 Å². The topological polar surface area (TPSA) is 70.8 Å². The van der Waals surface area contributed by atoms with Crippen LogP contribution in [-0.2, 0) is 0 Å². The fourth-order valence-electron chi connectivity index (χ4n) is 2.74. The van der Waals surface area contributed by atoms with Gasteiger partial charge in [0.2, 0.25) is 0 Å². The van der Waals surface area contributed by atoms with Crippen LogP contribution in [0.1, 0.15) is 30.3 Å². The second-order valence-electron chi connectivity index (χ2n) is 5.61. The fraction of sp³-hybridized carbons (Fsp3) is 0.538. The van der Waals surface area contributed by atoms with Gasteiger partial charge in [-0.15, -0.1) is 0 Å². The molecule has 6 heteroatoms. The van der Waals surface area contributed by atoms with Gasteiger partial charge in [0.1, 0.15) is 17.3 Å². The minimum absolute atomic E-state index is 0.242. The Bertz CT molecular complexity index is 655. The first-order chi connectivity index (χ1) is 9.13. The van der Waals surface area contributed by atoms with Crippen molar-refractivity contribution in [3.05, 3.63) is 16.5 Å². The van der Waals surface area contributed by atoms with Crippen LogP contribution < -0.4 is 10.6 Å². The van der Waals surface area contributed by atoms with Crippen molar-refractivity contribution in [2.24, 2.45) is 5.73 Å². The van der Waals surface area contributed by atoms with Gasteiger partial charge >= 0.3 is 0 Å². The number of halogens is 1. The second-order valence-corrected chi connectivity index (χ2v) is 5.99. The summed E-state index contributed by atoms with van der Waals surface area (Å²) >= 11 is 6.54. The summed E-state index contributed by atoms with van der Waals surface area (Å²) in [5.74, 6) is 2.27. The second kappa shape index (κ2) is 3.84. The van der Waals surface area contributed by atoms with Gasteiger partial charge in [0.25, 0.3) is 0 Å². The predicted molar refractivity (Wildman–Crippen MR) is 75.8 cm³/mol. The van der Waals surface area contributed by atoms with Gasteiger partial charge in [-0.25, -0.2) is 9.97 Å². The number of H-pyrrole nitrogens is 1. The van der Waals surface area contributed by atoms with Crippen LogP contribution in [0.4, 0.5) is 5.82 Å². The van der Waals surface area contributed by atoms with Gasteiger partial charge in [-0.05, 0) is 19.8 Å². The van der Waals surface area contributed by atoms with E-state index in [1.807, 2.05) is 6.92 Å². The maximum absolute atomic E-state index is 6.54. The Morgan fingerprint density at radius 3 is 2.68 bits per heavy atom. The van der Waals surface area contributed by atoms with Crippen LogP contribution >= 0.6 is 11.6 Å². The summed E-state index contributed by atoms with van der Waals surface area (Å²) < 4.78 is 0. The number of hydrogen-bond acceptors (Lipinski definition) is 4. The molecule has 3 heterocycles. The molecule has 2 aromatic rings. The lowest BCUT2D eigenvalue weighted by Crippen LogP contribution is -2.56. The number of aromatic nitrogens is 3. The Balaban J connectivity index is 1.90. The highest BCUT2D eigenvalue weighted by molar-refractivity contribution is 6.37. The number of nitrogens with two attached hydrogens (primary N) is 1. The highest BCUT2D eigenvalue weighted by atomic mass is 35.5. The molecule has 0 amide bonds. The number of nitrogens with one attached hydrogen (secondary N) is 1. The van der Waals surface area contributed by atoms with E-state index >= 15 is 0 Å². The van der Waals surface area contributed by atoms with Crippen LogP contribution in [0.3, 0.4) is 0 Å². The van der Waals surface area contributed by atoms with E-state index in [1.54, 1.807) is 0 Å². The molecule has 4 rings (SSSR count). The summed E-state index contributed by atoms with van der Waals surface area (Å²) in [6, 6.07) is 0.242. The summed E-state index contributed by atoms with van der Waals surface area (Å²) in [6.45, 7) is 3.59. The number of aromatic amines is 1. The minimum Gasteiger partial charge on any atom is -0.353 e. The molecule has 0 bridgehead atoms. The summed E-state index contributed by atoms with van der Waals surface area (Å²) in [4.78, 5) is 14.6. The minimum atomic E-state index is 0.242. The lowest BCUT2D eigenvalue weighted by atomic mass is 10.1. The first kappa shape index (κ1) is 11.5. The van der Waals surface area contributed by atoms with Crippen LogP contribution in [0.5, 0.6) is 0 Å². The first-order valence-corrected chi connectivity index (χ1v) is 7.07. The molecule has 19 heavy (non-hydrogen) atoms. The van der Waals surface area contributed by atoms with Crippen molar-refractivity contribution in [2.75, 3.05) is 18.0 Å². The number of aryl methyl sites for hydroxylation is 1. The van der Waals surface area contributed by atoms with Gasteiger partial charge in [0.15, 0.2) is 0 Å². The van der Waals surface area contributed by atoms with E-state index in [9.17, 15) is 0 Å². The maximum atomic E-state index is 6.54. The third-order valence-corrected chi connectivity index (χ3v) is 4.30. The smallest absolute Gasteiger partial charge is 0.144 e. The van der Waals surface area contributed by atoms with Crippen LogP contribution in [0.2, 0.25) is 5.02 Å². The average molecular weight is 278 g/mol. The molecule has 100 valence electrons. The Morgan fingerprint density at radius 2 is 2.05 bits per heavy atom. The summed E-state index contributed by atoms with van der Waals surface area (Å²) in [6.07, 6.45) is 2.42. The Hall–Kier alpha value is -1.33. The van der Waals surface area contributed by atoms with E-state index in [4.69, 9.17) is 17.3 Å². The van der Waals surface area contributed by atoms with Crippen molar-refractivity contribution in [1.82, 2.24) is 15.0 Å². The highest BCUT2D eigenvalue weighted by Gasteiger charge is 2.32. The van der Waals surface area contributed by atoms with Crippen LogP contribution in [0.25, 0.3) is 11.0 Å². The quantitative estimate of drug-likeness (QED) is 0.880. The Kier molecular flexibility index (Phi) is 2.32. The van der Waals surface area contributed by atoms with E-state index < -0.39 is 0 Å². The maximum Gasteiger partial charge on any atom is 0.144 e. The van der Waals surface area contributed by atoms with Crippen molar-refractivity contribution < 1.29 is 0 Å². The Labute approximate surface area is 116 Å². The molecule has 3 N–H and O–H groups in total. The van der Waals surface area contributed by atoms with Crippen molar-refractivity contribution in [1.29, 1.82) is 0 Å². The largest absolute Gasteiger partial charge is 0.353 e. The first-order valence-electron chi connectivity index (χ1n) is 6.69. The van der Waals surface area contributed by atoms with Gasteiger partial charge < -0.3 is 15.6 Å². The number of nitrogens with zero attached hydrogens (tertiary/aromatic N) is 3. The zero-order valence-electron chi connectivity index (χ0n) is 10.8. The zero-order valence-corrected chi connectivity index (χ0v) is 11.5. The van der Waals surface area contributed by atoms with Crippen molar-refractivity contribution in [2.45, 2.75) is 31.7 Å². The average Bonchev–Trinajstić information content (AvgIpc) is 3.10. The molecule has 2 fully saturated rings. The number of fused-ring (bicyclic) bond motifs is 1. The fourth-order valence-corrected chi connectivity index (χ4v) is 3.11. The van der Waals surface area contributed by atoms with Gasteiger partial charge in [-0.3, -0.25) is 0 Å². The molecule has 2 aromatic heterocycles. The van der Waals surface area contributed by atoms with E-state index in [0.29, 0.717) is 5.92 Å². The molecule has 1 aliphatic heterocycles. The van der Waals surface area contributed by atoms with E-state index in [0.717, 1.165) is 46.5 Å². The monoisotopic (exact) mass is 277 g/mol. The summed E-state index contributed by atoms with van der Waals surface area (Å²) in [5.41, 5.74) is 7.85. The molecule has 0 unspecified atom stereocenters. The van der Waals surface area contributed by atoms with Gasteiger partial charge in [0, 0.05) is 30.7 Å². The molecule has 0 radical (unpaired) electrons. The molecular formula is C13H16ClN5. The molecule has 0 spiro atoms. The van der Waals surface area contributed by atoms with Crippen molar-refractivity contribution >= 4 is 28.5 Å². The number of hydrogen-bond donors (Lipinski definition) is 2. The van der Waals surface area contributed by atoms with Crippen molar-refractivity contribution in [3.63, 3.8) is 0 Å². The number of anilines is 1. The van der Waals surface area contributed by atoms with Gasteiger partial charge in [0.05, 0.1) is 10.4 Å². The molecule has 1 saturated heterocycles. The standard InChI is InChI=1S/C13H16ClN5/c1-6-16-12-9(10(14)11(18-12)7-2-3-7)13(17-6)19-4-8(15)5-19/h7-8H,2-5,15H2,1H3,(H,16,17,18). The van der Waals surface area contributed by atoms with Gasteiger partial charge in [-0.1, -0.05) is 11.6 Å². The molecule has 1 aliphatic carbocycles. The summed E-state index contributed by atoms with van der Waals surface area (Å²) in [7, 11) is 0. The lowest BCUT2D eigenvalue weighted by molar-refractivity contribution is 0.515. The molecule has 1 saturated carbocycles. The van der Waals surface area contributed by atoms with Gasteiger partial charge in [-0.2, -0.15) is 0 Å². The van der Waals surface area contributed by atoms with E-state index in [-0.39, 0.29) is 6.04 Å². The molecular weight excluding hydrogens is 262 g/mol. The highest BCUT2D eigenvalue weighted by Crippen LogP contribution is 2.46. The predicted octanol–water partition coefficient (Wildman–Crippen LogP) is 1.94. The van der Waals surface area contributed by atoms with Crippen LogP contribution in [0.15, 0.2) is 0 Å². The van der Waals surface area contributed by atoms with Crippen LogP contribution in [-0.4, -0.2) is 34.1 Å².